The van der Waals surface area contributed by atoms with Gasteiger partial charge in [-0.3, -0.25) is 4.79 Å². The van der Waals surface area contributed by atoms with E-state index in [-0.39, 0.29) is 12.8 Å². The van der Waals surface area contributed by atoms with E-state index in [1.54, 1.807) is 0 Å². The molecule has 0 aliphatic rings. The summed E-state index contributed by atoms with van der Waals surface area (Å²) in [7, 11) is 1.19. The Bertz CT molecular complexity index is 240. The molecule has 0 saturated carbocycles. The fraction of sp³-hybridized carbons (Fsp3) is 0.571. The van der Waals surface area contributed by atoms with Crippen LogP contribution in [-0.2, 0) is 14.3 Å². The van der Waals surface area contributed by atoms with Crippen molar-refractivity contribution in [2.75, 3.05) is 7.11 Å². The van der Waals surface area contributed by atoms with Crippen LogP contribution in [0.4, 0.5) is 4.79 Å². The summed E-state index contributed by atoms with van der Waals surface area (Å²) >= 11 is 0. The summed E-state index contributed by atoms with van der Waals surface area (Å²) in [6, 6.07) is -2.10. The number of ether oxygens (including phenoxy) is 1. The van der Waals surface area contributed by atoms with Crippen LogP contribution in [0.5, 0.6) is 0 Å². The van der Waals surface area contributed by atoms with Crippen molar-refractivity contribution >= 4 is 18.0 Å². The molecule has 0 rings (SSSR count). The number of carbonyl (C=O) groups is 3. The number of hydrogen-bond acceptors (Lipinski definition) is 4. The summed E-state index contributed by atoms with van der Waals surface area (Å²) in [5.41, 5.74) is 4.74. The number of methoxy groups -OCH3 is 1. The van der Waals surface area contributed by atoms with Crippen LogP contribution >= 0.6 is 0 Å². The first kappa shape index (κ1) is 12.2. The van der Waals surface area contributed by atoms with Gasteiger partial charge in [0, 0.05) is 6.42 Å². The van der Waals surface area contributed by atoms with Crippen LogP contribution in [0.25, 0.3) is 0 Å². The molecule has 0 aromatic heterocycles. The first-order valence-electron chi connectivity index (χ1n) is 3.83. The smallest absolute Gasteiger partial charge is 0.326 e. The van der Waals surface area contributed by atoms with E-state index in [0.29, 0.717) is 0 Å². The Morgan fingerprint density at radius 1 is 1.50 bits per heavy atom. The van der Waals surface area contributed by atoms with E-state index in [1.807, 2.05) is 5.32 Å². The van der Waals surface area contributed by atoms with Gasteiger partial charge in [0.25, 0.3) is 0 Å². The van der Waals surface area contributed by atoms with Crippen molar-refractivity contribution in [1.82, 2.24) is 5.32 Å². The fourth-order valence-corrected chi connectivity index (χ4v) is 0.793. The molecule has 0 aliphatic heterocycles. The summed E-state index contributed by atoms with van der Waals surface area (Å²) in [5.74, 6) is -1.78. The quantitative estimate of drug-likeness (QED) is 0.499. The van der Waals surface area contributed by atoms with Gasteiger partial charge in [-0.05, 0) is 6.42 Å². The lowest BCUT2D eigenvalue weighted by Crippen LogP contribution is -2.43. The lowest BCUT2D eigenvalue weighted by atomic mass is 10.1. The largest absolute Gasteiger partial charge is 0.480 e. The minimum Gasteiger partial charge on any atom is -0.480 e. The fourth-order valence-electron chi connectivity index (χ4n) is 0.793. The number of carboxylic acid groups (broad SMARTS) is 1. The molecule has 0 saturated heterocycles. The molecule has 4 N–H and O–H groups in total. The predicted octanol–water partition coefficient (Wildman–Crippen LogP) is -0.939. The van der Waals surface area contributed by atoms with Gasteiger partial charge >= 0.3 is 18.0 Å². The highest BCUT2D eigenvalue weighted by molar-refractivity contribution is 5.82. The number of nitrogens with one attached hydrogen (secondary N) is 1. The summed E-state index contributed by atoms with van der Waals surface area (Å²) in [5, 5.41) is 10.6. The number of carboxylic acids is 1. The second-order valence-electron chi connectivity index (χ2n) is 2.51. The minimum atomic E-state index is -1.24. The van der Waals surface area contributed by atoms with Gasteiger partial charge in [0.2, 0.25) is 0 Å². The van der Waals surface area contributed by atoms with E-state index in [1.165, 1.54) is 7.11 Å². The first-order chi connectivity index (χ1) is 6.47. The van der Waals surface area contributed by atoms with Gasteiger partial charge in [-0.15, -0.1) is 0 Å². The monoisotopic (exact) mass is 204 g/mol. The van der Waals surface area contributed by atoms with Crippen molar-refractivity contribution in [2.24, 2.45) is 5.73 Å². The molecule has 14 heavy (non-hydrogen) atoms. The first-order valence-corrected chi connectivity index (χ1v) is 3.83. The van der Waals surface area contributed by atoms with E-state index >= 15 is 0 Å². The summed E-state index contributed by atoms with van der Waals surface area (Å²) in [4.78, 5) is 31.5. The third kappa shape index (κ3) is 4.96. The van der Waals surface area contributed by atoms with E-state index in [9.17, 15) is 14.4 Å². The van der Waals surface area contributed by atoms with Crippen LogP contribution in [-0.4, -0.2) is 36.2 Å². The number of nitrogens with two attached hydrogens (primary N) is 1. The number of carbonyl (C=O) groups excluding carboxylic acids is 2. The standard InChI is InChI=1S/C7H12N2O5/c1-14-5(10)3-2-4(6(11)12)9-7(8)13/h4H,2-3H2,1H3,(H,11,12)(H3,8,9,13). The molecule has 0 aliphatic carbocycles. The molecule has 2 amide bonds. The summed E-state index contributed by atoms with van der Waals surface area (Å²) in [6.45, 7) is 0. The Hall–Kier alpha value is -1.79. The van der Waals surface area contributed by atoms with Gasteiger partial charge < -0.3 is 20.9 Å². The number of urea groups is 1. The molecule has 0 aromatic carbocycles. The zero-order valence-electron chi connectivity index (χ0n) is 7.65. The van der Waals surface area contributed by atoms with Crippen molar-refractivity contribution in [3.63, 3.8) is 0 Å². The highest BCUT2D eigenvalue weighted by Crippen LogP contribution is 1.99. The van der Waals surface area contributed by atoms with Crippen LogP contribution in [0, 0.1) is 0 Å². The zero-order chi connectivity index (χ0) is 11.1. The summed E-state index contributed by atoms with van der Waals surface area (Å²) < 4.78 is 4.31. The molecular weight excluding hydrogens is 192 g/mol. The van der Waals surface area contributed by atoms with Crippen LogP contribution in [0.3, 0.4) is 0 Å². The Morgan fingerprint density at radius 3 is 2.43 bits per heavy atom. The maximum Gasteiger partial charge on any atom is 0.326 e. The van der Waals surface area contributed by atoms with Crippen molar-refractivity contribution in [2.45, 2.75) is 18.9 Å². The Labute approximate surface area is 80.2 Å². The third-order valence-electron chi connectivity index (χ3n) is 1.48. The molecule has 0 heterocycles. The number of hydrogen-bond donors (Lipinski definition) is 3. The molecule has 0 bridgehead atoms. The molecule has 0 spiro atoms. The lowest BCUT2D eigenvalue weighted by Gasteiger charge is -2.11. The molecule has 1 unspecified atom stereocenters. The molecule has 1 atom stereocenters. The van der Waals surface area contributed by atoms with Gasteiger partial charge in [-0.1, -0.05) is 0 Å². The lowest BCUT2D eigenvalue weighted by molar-refractivity contribution is -0.142. The normalized spacial score (nSPS) is 11.5. The number of rotatable bonds is 5. The molecule has 7 heteroatoms. The maximum absolute atomic E-state index is 10.7. The van der Waals surface area contributed by atoms with Gasteiger partial charge in [0.05, 0.1) is 7.11 Å². The minimum absolute atomic E-state index is 0.0506. The number of amides is 2. The topological polar surface area (TPSA) is 119 Å². The van der Waals surface area contributed by atoms with Crippen molar-refractivity contribution in [1.29, 1.82) is 0 Å². The van der Waals surface area contributed by atoms with Crippen LogP contribution in [0.2, 0.25) is 0 Å². The van der Waals surface area contributed by atoms with Crippen LogP contribution in [0.1, 0.15) is 12.8 Å². The average molecular weight is 204 g/mol. The van der Waals surface area contributed by atoms with Gasteiger partial charge in [-0.2, -0.15) is 0 Å². The molecule has 80 valence electrons. The number of aliphatic carboxylic acids is 1. The Balaban J connectivity index is 4.04. The summed E-state index contributed by atoms with van der Waals surface area (Å²) in [6.07, 6.45) is -0.140. The Kier molecular flexibility index (Phi) is 5.05. The SMILES string of the molecule is COC(=O)CCC(NC(N)=O)C(=O)O. The van der Waals surface area contributed by atoms with Crippen molar-refractivity contribution in [3.8, 4) is 0 Å². The molecule has 0 radical (unpaired) electrons. The maximum atomic E-state index is 10.7. The second-order valence-corrected chi connectivity index (χ2v) is 2.51. The van der Waals surface area contributed by atoms with Crippen LogP contribution in [0.15, 0.2) is 0 Å². The van der Waals surface area contributed by atoms with Crippen molar-refractivity contribution < 1.29 is 24.2 Å². The highest BCUT2D eigenvalue weighted by atomic mass is 16.5. The molecule has 0 fully saturated rings. The van der Waals surface area contributed by atoms with E-state index in [2.05, 4.69) is 4.74 Å². The van der Waals surface area contributed by atoms with E-state index in [4.69, 9.17) is 10.8 Å². The molecule has 7 nitrogen and oxygen atoms in total. The van der Waals surface area contributed by atoms with Crippen molar-refractivity contribution in [3.05, 3.63) is 0 Å². The van der Waals surface area contributed by atoms with Gasteiger partial charge in [-0.25, -0.2) is 9.59 Å². The van der Waals surface area contributed by atoms with Gasteiger partial charge in [0.15, 0.2) is 0 Å². The van der Waals surface area contributed by atoms with E-state index < -0.39 is 24.0 Å². The number of primary amides is 1. The average Bonchev–Trinajstić information content (AvgIpc) is 2.10. The molecular formula is C7H12N2O5. The Morgan fingerprint density at radius 2 is 2.07 bits per heavy atom. The third-order valence-corrected chi connectivity index (χ3v) is 1.48. The predicted molar refractivity (Wildman–Crippen MR) is 45.4 cm³/mol. The highest BCUT2D eigenvalue weighted by Gasteiger charge is 2.19. The van der Waals surface area contributed by atoms with Crippen LogP contribution < -0.4 is 11.1 Å². The number of esters is 1. The second kappa shape index (κ2) is 5.79. The van der Waals surface area contributed by atoms with E-state index in [0.717, 1.165) is 0 Å². The molecule has 0 aromatic rings. The zero-order valence-corrected chi connectivity index (χ0v) is 7.65. The van der Waals surface area contributed by atoms with Gasteiger partial charge in [0.1, 0.15) is 6.04 Å².